The second kappa shape index (κ2) is 5.43. The van der Waals surface area contributed by atoms with Crippen LogP contribution in [0.1, 0.15) is 22.5 Å². The molecule has 0 amide bonds. The lowest BCUT2D eigenvalue weighted by Gasteiger charge is -2.06. The van der Waals surface area contributed by atoms with E-state index in [1.54, 1.807) is 11.8 Å². The molecule has 2 aromatic rings. The fourth-order valence-electron chi connectivity index (χ4n) is 1.69. The molecule has 0 unspecified atom stereocenters. The van der Waals surface area contributed by atoms with Crippen LogP contribution in [0.15, 0.2) is 24.3 Å². The van der Waals surface area contributed by atoms with Crippen LogP contribution >= 0.6 is 0 Å². The molecule has 5 nitrogen and oxygen atoms in total. The number of ether oxygens (including phenoxy) is 1. The van der Waals surface area contributed by atoms with Crippen LogP contribution in [0.25, 0.3) is 0 Å². The van der Waals surface area contributed by atoms with Crippen molar-refractivity contribution < 1.29 is 4.74 Å². The Hall–Kier alpha value is -2.19. The standard InChI is InChI=1S/C13H14N4O/c1-10-3-5-11(6-4-10)8-17-13(9-18-2)12(7-14)15-16-17/h3-6H,8-9H2,1-2H3. The van der Waals surface area contributed by atoms with Crippen molar-refractivity contribution >= 4 is 0 Å². The fraction of sp³-hybridized carbons (Fsp3) is 0.308. The van der Waals surface area contributed by atoms with Gasteiger partial charge in [0.2, 0.25) is 0 Å². The van der Waals surface area contributed by atoms with Crippen molar-refractivity contribution in [1.82, 2.24) is 15.0 Å². The molecule has 0 radical (unpaired) electrons. The Kier molecular flexibility index (Phi) is 3.70. The lowest BCUT2D eigenvalue weighted by atomic mass is 10.1. The van der Waals surface area contributed by atoms with Gasteiger partial charge in [-0.25, -0.2) is 4.68 Å². The Balaban J connectivity index is 2.26. The first-order valence-corrected chi connectivity index (χ1v) is 5.61. The SMILES string of the molecule is COCc1c(C#N)nnn1Cc1ccc(C)cc1. The first-order chi connectivity index (χ1) is 8.74. The molecule has 0 aliphatic carbocycles. The quantitative estimate of drug-likeness (QED) is 0.817. The summed E-state index contributed by atoms with van der Waals surface area (Å²) in [5.74, 6) is 0. The maximum Gasteiger partial charge on any atom is 0.188 e. The number of hydrogen-bond acceptors (Lipinski definition) is 4. The molecule has 0 saturated carbocycles. The van der Waals surface area contributed by atoms with Gasteiger partial charge < -0.3 is 4.74 Å². The topological polar surface area (TPSA) is 63.7 Å². The molecule has 18 heavy (non-hydrogen) atoms. The summed E-state index contributed by atoms with van der Waals surface area (Å²) in [7, 11) is 1.59. The molecule has 0 saturated heterocycles. The zero-order valence-corrected chi connectivity index (χ0v) is 10.4. The molecule has 1 aromatic carbocycles. The number of hydrogen-bond donors (Lipinski definition) is 0. The van der Waals surface area contributed by atoms with Gasteiger partial charge in [-0.3, -0.25) is 0 Å². The molecular formula is C13H14N4O. The van der Waals surface area contributed by atoms with Gasteiger partial charge in [-0.15, -0.1) is 5.10 Å². The number of nitrogens with zero attached hydrogens (tertiary/aromatic N) is 4. The third-order valence-corrected chi connectivity index (χ3v) is 2.68. The largest absolute Gasteiger partial charge is 0.378 e. The predicted molar refractivity (Wildman–Crippen MR) is 65.7 cm³/mol. The average Bonchev–Trinajstić information content (AvgIpc) is 2.75. The Bertz CT molecular complexity index is 566. The van der Waals surface area contributed by atoms with Crippen LogP contribution in [0.3, 0.4) is 0 Å². The molecule has 0 bridgehead atoms. The molecule has 0 aliphatic rings. The Morgan fingerprint density at radius 2 is 2.06 bits per heavy atom. The van der Waals surface area contributed by atoms with Crippen molar-refractivity contribution in [3.05, 3.63) is 46.8 Å². The highest BCUT2D eigenvalue weighted by Crippen LogP contribution is 2.10. The van der Waals surface area contributed by atoms with E-state index in [1.165, 1.54) is 5.56 Å². The van der Waals surface area contributed by atoms with Crippen LogP contribution in [-0.2, 0) is 17.9 Å². The number of benzene rings is 1. The molecule has 1 aromatic heterocycles. The maximum absolute atomic E-state index is 8.94. The van der Waals surface area contributed by atoms with Gasteiger partial charge in [-0.2, -0.15) is 5.26 Å². The minimum absolute atomic E-state index is 0.323. The molecule has 0 N–H and O–H groups in total. The second-order valence-corrected chi connectivity index (χ2v) is 4.07. The summed E-state index contributed by atoms with van der Waals surface area (Å²) in [6.07, 6.45) is 0. The fourth-order valence-corrected chi connectivity index (χ4v) is 1.69. The van der Waals surface area contributed by atoms with Crippen LogP contribution in [0.4, 0.5) is 0 Å². The van der Waals surface area contributed by atoms with Crippen LogP contribution in [0.2, 0.25) is 0 Å². The minimum atomic E-state index is 0.323. The molecule has 92 valence electrons. The van der Waals surface area contributed by atoms with E-state index in [2.05, 4.69) is 10.3 Å². The summed E-state index contributed by atoms with van der Waals surface area (Å²) in [6, 6.07) is 10.2. The van der Waals surface area contributed by atoms with Crippen molar-refractivity contribution in [1.29, 1.82) is 5.26 Å². The highest BCUT2D eigenvalue weighted by Gasteiger charge is 2.12. The van der Waals surface area contributed by atoms with Gasteiger partial charge in [-0.05, 0) is 12.5 Å². The van der Waals surface area contributed by atoms with Crippen molar-refractivity contribution in [3.8, 4) is 6.07 Å². The van der Waals surface area contributed by atoms with Crippen LogP contribution in [0.5, 0.6) is 0 Å². The summed E-state index contributed by atoms with van der Waals surface area (Å²) in [5, 5.41) is 16.8. The third kappa shape index (κ3) is 2.55. The van der Waals surface area contributed by atoms with Crippen LogP contribution < -0.4 is 0 Å². The summed E-state index contributed by atoms with van der Waals surface area (Å²) in [4.78, 5) is 0. The summed E-state index contributed by atoms with van der Waals surface area (Å²) in [5.41, 5.74) is 3.36. The zero-order valence-electron chi connectivity index (χ0n) is 10.4. The molecule has 1 heterocycles. The van der Waals surface area contributed by atoms with E-state index >= 15 is 0 Å². The number of nitriles is 1. The Morgan fingerprint density at radius 1 is 1.33 bits per heavy atom. The highest BCUT2D eigenvalue weighted by molar-refractivity contribution is 5.26. The van der Waals surface area contributed by atoms with Gasteiger partial charge in [0.25, 0.3) is 0 Å². The van der Waals surface area contributed by atoms with E-state index in [1.807, 2.05) is 37.3 Å². The molecule has 5 heteroatoms. The van der Waals surface area contributed by atoms with E-state index in [4.69, 9.17) is 10.00 Å². The number of aromatic nitrogens is 3. The van der Waals surface area contributed by atoms with Crippen molar-refractivity contribution in [2.24, 2.45) is 0 Å². The van der Waals surface area contributed by atoms with Gasteiger partial charge in [0.1, 0.15) is 11.8 Å². The van der Waals surface area contributed by atoms with Crippen LogP contribution in [0, 0.1) is 18.3 Å². The first-order valence-electron chi connectivity index (χ1n) is 5.61. The van der Waals surface area contributed by atoms with Gasteiger partial charge in [0.05, 0.1) is 13.2 Å². The molecule has 0 spiro atoms. The summed E-state index contributed by atoms with van der Waals surface area (Å²) >= 11 is 0. The predicted octanol–water partition coefficient (Wildman–Crippen LogP) is 1.65. The van der Waals surface area contributed by atoms with Gasteiger partial charge in [0.15, 0.2) is 5.69 Å². The molecule has 0 atom stereocenters. The molecule has 2 rings (SSSR count). The number of methoxy groups -OCH3 is 1. The Morgan fingerprint density at radius 3 is 2.67 bits per heavy atom. The van der Waals surface area contributed by atoms with Crippen LogP contribution in [-0.4, -0.2) is 22.1 Å². The van der Waals surface area contributed by atoms with E-state index in [0.29, 0.717) is 24.5 Å². The van der Waals surface area contributed by atoms with Crippen molar-refractivity contribution in [2.75, 3.05) is 7.11 Å². The van der Waals surface area contributed by atoms with E-state index in [9.17, 15) is 0 Å². The summed E-state index contributed by atoms with van der Waals surface area (Å²) < 4.78 is 6.78. The van der Waals surface area contributed by atoms with Gasteiger partial charge in [-0.1, -0.05) is 35.0 Å². The highest BCUT2D eigenvalue weighted by atomic mass is 16.5. The average molecular weight is 242 g/mol. The lowest BCUT2D eigenvalue weighted by molar-refractivity contribution is 0.177. The second-order valence-electron chi connectivity index (χ2n) is 4.07. The molecule has 0 aliphatic heterocycles. The van der Waals surface area contributed by atoms with Crippen molar-refractivity contribution in [3.63, 3.8) is 0 Å². The Labute approximate surface area is 106 Å². The number of rotatable bonds is 4. The molecular weight excluding hydrogens is 228 g/mol. The van der Waals surface area contributed by atoms with Gasteiger partial charge in [0, 0.05) is 7.11 Å². The zero-order chi connectivity index (χ0) is 13.0. The van der Waals surface area contributed by atoms with E-state index in [0.717, 1.165) is 5.56 Å². The number of aryl methyl sites for hydroxylation is 1. The normalized spacial score (nSPS) is 10.3. The summed E-state index contributed by atoms with van der Waals surface area (Å²) in [6.45, 7) is 2.97. The molecule has 0 fully saturated rings. The van der Waals surface area contributed by atoms with Gasteiger partial charge >= 0.3 is 0 Å². The minimum Gasteiger partial charge on any atom is -0.378 e. The van der Waals surface area contributed by atoms with Crippen molar-refractivity contribution in [2.45, 2.75) is 20.1 Å². The lowest BCUT2D eigenvalue weighted by Crippen LogP contribution is -2.08. The third-order valence-electron chi connectivity index (χ3n) is 2.68. The monoisotopic (exact) mass is 242 g/mol. The smallest absolute Gasteiger partial charge is 0.188 e. The maximum atomic E-state index is 8.94. The van der Waals surface area contributed by atoms with E-state index < -0.39 is 0 Å². The first kappa shape index (κ1) is 12.3. The van der Waals surface area contributed by atoms with E-state index in [-0.39, 0.29) is 0 Å².